The number of β-amino-alcohol motifs (C(OH)–C–C–N with tert-alkyl or cyclic N) is 2. The van der Waals surface area contributed by atoms with E-state index < -0.39 is 0 Å². The van der Waals surface area contributed by atoms with Crippen LogP contribution >= 0.6 is 11.6 Å². The molecule has 6 nitrogen and oxygen atoms in total. The maximum Gasteiger partial charge on any atom is 0.138 e. The molecule has 0 saturated carbocycles. The molecular weight excluding hydrogens is 452 g/mol. The summed E-state index contributed by atoms with van der Waals surface area (Å²) in [6, 6.07) is 12.0. The number of ether oxygens (including phenoxy) is 2. The van der Waals surface area contributed by atoms with E-state index in [0.717, 1.165) is 87.4 Å². The Labute approximate surface area is 208 Å². The maximum atomic E-state index is 9.66. The first kappa shape index (κ1) is 25.3. The van der Waals surface area contributed by atoms with Crippen molar-refractivity contribution in [1.29, 1.82) is 0 Å². The summed E-state index contributed by atoms with van der Waals surface area (Å²) in [5.41, 5.74) is 3.04. The van der Waals surface area contributed by atoms with Crippen molar-refractivity contribution in [3.05, 3.63) is 47.0 Å². The summed E-state index contributed by atoms with van der Waals surface area (Å²) in [5, 5.41) is 19.9. The largest absolute Gasteiger partial charge is 0.493 e. The van der Waals surface area contributed by atoms with Gasteiger partial charge >= 0.3 is 0 Å². The molecule has 2 atom stereocenters. The smallest absolute Gasteiger partial charge is 0.138 e. The fraction of sp³-hybridized carbons (Fsp3) is 0.556. The molecule has 4 rings (SSSR count). The van der Waals surface area contributed by atoms with Crippen molar-refractivity contribution in [1.82, 2.24) is 9.80 Å². The zero-order chi connectivity index (χ0) is 23.9. The van der Waals surface area contributed by atoms with E-state index >= 15 is 0 Å². The van der Waals surface area contributed by atoms with Crippen molar-refractivity contribution in [2.45, 2.75) is 44.8 Å². The van der Waals surface area contributed by atoms with Crippen molar-refractivity contribution in [2.75, 3.05) is 52.5 Å². The van der Waals surface area contributed by atoms with Gasteiger partial charge in [-0.05, 0) is 55.9 Å². The molecule has 2 saturated heterocycles. The molecule has 7 heteroatoms. The molecule has 186 valence electrons. The van der Waals surface area contributed by atoms with Crippen LogP contribution in [0, 0.1) is 6.92 Å². The van der Waals surface area contributed by atoms with Gasteiger partial charge in [-0.25, -0.2) is 0 Å². The van der Waals surface area contributed by atoms with Gasteiger partial charge in [0, 0.05) is 44.8 Å². The van der Waals surface area contributed by atoms with Crippen molar-refractivity contribution in [3.63, 3.8) is 0 Å². The van der Waals surface area contributed by atoms with Crippen LogP contribution in [0.3, 0.4) is 0 Å². The Morgan fingerprint density at radius 2 is 1.35 bits per heavy atom. The molecule has 0 aromatic heterocycles. The lowest BCUT2D eigenvalue weighted by Crippen LogP contribution is -2.24. The highest BCUT2D eigenvalue weighted by molar-refractivity contribution is 6.34. The number of benzene rings is 2. The minimum absolute atomic E-state index is 0.177. The Morgan fingerprint density at radius 3 is 1.91 bits per heavy atom. The number of aliphatic hydroxyl groups excluding tert-OH is 2. The van der Waals surface area contributed by atoms with Gasteiger partial charge in [-0.15, -0.1) is 0 Å². The van der Waals surface area contributed by atoms with Crippen molar-refractivity contribution in [2.24, 2.45) is 0 Å². The van der Waals surface area contributed by atoms with E-state index in [1.807, 2.05) is 30.3 Å². The molecule has 0 radical (unpaired) electrons. The van der Waals surface area contributed by atoms with E-state index in [2.05, 4.69) is 22.8 Å². The van der Waals surface area contributed by atoms with Crippen LogP contribution in [0.2, 0.25) is 5.02 Å². The van der Waals surface area contributed by atoms with Gasteiger partial charge < -0.3 is 29.5 Å². The van der Waals surface area contributed by atoms with Crippen LogP contribution in [0.4, 0.5) is 0 Å². The van der Waals surface area contributed by atoms with E-state index in [4.69, 9.17) is 21.1 Å². The topological polar surface area (TPSA) is 65.4 Å². The van der Waals surface area contributed by atoms with E-state index in [1.54, 1.807) is 0 Å². The van der Waals surface area contributed by atoms with Crippen molar-refractivity contribution < 1.29 is 19.7 Å². The average molecular weight is 489 g/mol. The summed E-state index contributed by atoms with van der Waals surface area (Å²) in [6.07, 6.45) is 3.19. The second kappa shape index (κ2) is 12.2. The second-order valence-corrected chi connectivity index (χ2v) is 9.81. The minimum atomic E-state index is -0.186. The second-order valence-electron chi connectivity index (χ2n) is 9.44. The summed E-state index contributed by atoms with van der Waals surface area (Å²) in [4.78, 5) is 4.56. The quantitative estimate of drug-likeness (QED) is 0.466. The summed E-state index contributed by atoms with van der Waals surface area (Å²) in [6.45, 7) is 8.61. The van der Waals surface area contributed by atoms with Crippen LogP contribution in [-0.4, -0.2) is 84.7 Å². The first-order valence-corrected chi connectivity index (χ1v) is 12.8. The maximum absolute atomic E-state index is 9.66. The first-order chi connectivity index (χ1) is 16.5. The van der Waals surface area contributed by atoms with Crippen molar-refractivity contribution in [3.8, 4) is 22.6 Å². The summed E-state index contributed by atoms with van der Waals surface area (Å²) >= 11 is 6.77. The Hall–Kier alpha value is -1.83. The SMILES string of the molecule is Cc1c(OCCCN2CC[C@@H](O)C2)cccc1-c1cccc(OCCCN2CC[C@@H](O)C2)c1Cl. The normalized spacial score (nSPS) is 21.3. The summed E-state index contributed by atoms with van der Waals surface area (Å²) in [5.74, 6) is 1.56. The highest BCUT2D eigenvalue weighted by atomic mass is 35.5. The third-order valence-electron chi connectivity index (χ3n) is 6.79. The van der Waals surface area contributed by atoms with E-state index in [0.29, 0.717) is 24.0 Å². The molecule has 2 aromatic carbocycles. The van der Waals surface area contributed by atoms with Crippen LogP contribution in [0.5, 0.6) is 11.5 Å². The third kappa shape index (κ3) is 6.64. The van der Waals surface area contributed by atoms with Gasteiger partial charge in [0.25, 0.3) is 0 Å². The highest BCUT2D eigenvalue weighted by Gasteiger charge is 2.20. The number of rotatable bonds is 11. The van der Waals surface area contributed by atoms with Gasteiger partial charge in [0.15, 0.2) is 0 Å². The number of nitrogens with zero attached hydrogens (tertiary/aromatic N) is 2. The molecule has 2 fully saturated rings. The molecule has 0 amide bonds. The van der Waals surface area contributed by atoms with Gasteiger partial charge in [-0.3, -0.25) is 0 Å². The zero-order valence-corrected chi connectivity index (χ0v) is 20.8. The molecule has 34 heavy (non-hydrogen) atoms. The molecule has 0 aliphatic carbocycles. The molecule has 2 heterocycles. The lowest BCUT2D eigenvalue weighted by atomic mass is 9.99. The third-order valence-corrected chi connectivity index (χ3v) is 7.17. The first-order valence-electron chi connectivity index (χ1n) is 12.5. The molecule has 0 spiro atoms. The number of hydrogen-bond donors (Lipinski definition) is 2. The van der Waals surface area contributed by atoms with Gasteiger partial charge in [0.05, 0.1) is 30.4 Å². The Morgan fingerprint density at radius 1 is 0.824 bits per heavy atom. The van der Waals surface area contributed by atoms with E-state index in [1.165, 1.54) is 0 Å². The van der Waals surface area contributed by atoms with Crippen LogP contribution < -0.4 is 9.47 Å². The fourth-order valence-corrected chi connectivity index (χ4v) is 5.15. The minimum Gasteiger partial charge on any atom is -0.493 e. The molecule has 0 unspecified atom stereocenters. The Bertz CT molecular complexity index is 865. The number of hydrogen-bond acceptors (Lipinski definition) is 6. The van der Waals surface area contributed by atoms with Gasteiger partial charge in [0.1, 0.15) is 11.5 Å². The summed E-state index contributed by atoms with van der Waals surface area (Å²) in [7, 11) is 0. The number of aliphatic hydroxyl groups is 2. The van der Waals surface area contributed by atoms with Gasteiger partial charge in [0.2, 0.25) is 0 Å². The standard InChI is InChI=1S/C27H37ClN2O4/c1-20-23(6-2-8-25(20)33-16-4-12-29-14-10-21(31)18-29)24-7-3-9-26(27(24)28)34-17-5-13-30-15-11-22(32)19-30/h2-3,6-9,21-22,31-32H,4-5,10-19H2,1H3/t21-,22-/m1/s1. The van der Waals surface area contributed by atoms with Crippen LogP contribution in [0.15, 0.2) is 36.4 Å². The highest BCUT2D eigenvalue weighted by Crippen LogP contribution is 2.39. The Balaban J connectivity index is 1.32. The van der Waals surface area contributed by atoms with Crippen LogP contribution in [-0.2, 0) is 0 Å². The predicted molar refractivity (Wildman–Crippen MR) is 136 cm³/mol. The van der Waals surface area contributed by atoms with Crippen LogP contribution in [0.25, 0.3) is 11.1 Å². The predicted octanol–water partition coefficient (Wildman–Crippen LogP) is 3.99. The number of likely N-dealkylation sites (tertiary alicyclic amines) is 2. The molecule has 0 bridgehead atoms. The Kier molecular flexibility index (Phi) is 9.09. The van der Waals surface area contributed by atoms with E-state index in [9.17, 15) is 10.2 Å². The van der Waals surface area contributed by atoms with Crippen LogP contribution in [0.1, 0.15) is 31.2 Å². The summed E-state index contributed by atoms with van der Waals surface area (Å²) < 4.78 is 12.1. The van der Waals surface area contributed by atoms with Crippen molar-refractivity contribution >= 4 is 11.6 Å². The average Bonchev–Trinajstić information content (AvgIpc) is 3.44. The number of halogens is 1. The van der Waals surface area contributed by atoms with Gasteiger partial charge in [-0.1, -0.05) is 35.9 Å². The molecule has 2 aromatic rings. The monoisotopic (exact) mass is 488 g/mol. The molecule has 2 N–H and O–H groups in total. The van der Waals surface area contributed by atoms with E-state index in [-0.39, 0.29) is 12.2 Å². The molecule has 2 aliphatic heterocycles. The molecular formula is C27H37ClN2O4. The molecule has 2 aliphatic rings. The fourth-order valence-electron chi connectivity index (χ4n) is 4.86. The lowest BCUT2D eigenvalue weighted by molar-refractivity contribution is 0.172. The lowest BCUT2D eigenvalue weighted by Gasteiger charge is -2.18. The zero-order valence-electron chi connectivity index (χ0n) is 20.1. The van der Waals surface area contributed by atoms with Gasteiger partial charge in [-0.2, -0.15) is 0 Å².